The minimum atomic E-state index is -0.698. The number of unbranched alkanes of at least 4 members (excludes halogenated alkanes) is 2. The molecule has 28 heavy (non-hydrogen) atoms. The maximum atomic E-state index is 10.5. The molecule has 1 aromatic rings. The molecule has 154 valence electrons. The van der Waals surface area contributed by atoms with Crippen LogP contribution in [0.2, 0.25) is 0 Å². The summed E-state index contributed by atoms with van der Waals surface area (Å²) in [5, 5.41) is 19.1. The van der Waals surface area contributed by atoms with Crippen molar-refractivity contribution in [2.75, 3.05) is 11.5 Å². The molecule has 5 heteroatoms. The van der Waals surface area contributed by atoms with Crippen LogP contribution in [-0.4, -0.2) is 46.0 Å². The van der Waals surface area contributed by atoms with Crippen molar-refractivity contribution in [2.45, 2.75) is 63.3 Å². The first-order chi connectivity index (χ1) is 13.6. The van der Waals surface area contributed by atoms with E-state index in [0.717, 1.165) is 49.2 Å². The molecular weight excluding hydrogens is 372 g/mol. The van der Waals surface area contributed by atoms with E-state index >= 15 is 0 Å². The van der Waals surface area contributed by atoms with Gasteiger partial charge in [0, 0.05) is 24.7 Å². The Balaban J connectivity index is 1.42. The molecule has 4 nitrogen and oxygen atoms in total. The maximum absolute atomic E-state index is 10.5. The monoisotopic (exact) mass is 404 g/mol. The zero-order valence-electron chi connectivity index (χ0n) is 16.4. The van der Waals surface area contributed by atoms with Crippen molar-refractivity contribution in [3.05, 3.63) is 48.0 Å². The van der Waals surface area contributed by atoms with Crippen LogP contribution in [0.1, 0.15) is 44.1 Å². The summed E-state index contributed by atoms with van der Waals surface area (Å²) >= 11 is 1.97. The van der Waals surface area contributed by atoms with E-state index in [1.54, 1.807) is 0 Å². The van der Waals surface area contributed by atoms with E-state index in [1.807, 2.05) is 48.2 Å². The molecule has 0 aromatic heterocycles. The van der Waals surface area contributed by atoms with Crippen LogP contribution in [0, 0.1) is 11.8 Å². The number of ether oxygens (including phenoxy) is 1. The summed E-state index contributed by atoms with van der Waals surface area (Å²) in [4.78, 5) is 10.5. The Morgan fingerprint density at radius 1 is 1.18 bits per heavy atom. The fourth-order valence-electron chi connectivity index (χ4n) is 4.35. The van der Waals surface area contributed by atoms with Gasteiger partial charge in [-0.1, -0.05) is 48.9 Å². The Morgan fingerprint density at radius 2 is 1.96 bits per heavy atom. The molecular formula is C23H32O4S. The van der Waals surface area contributed by atoms with Gasteiger partial charge in [0.25, 0.3) is 0 Å². The summed E-state index contributed by atoms with van der Waals surface area (Å²) in [5.74, 6) is 2.41. The van der Waals surface area contributed by atoms with Crippen LogP contribution in [0.4, 0.5) is 0 Å². The van der Waals surface area contributed by atoms with E-state index in [-0.39, 0.29) is 6.42 Å². The van der Waals surface area contributed by atoms with Crippen LogP contribution in [0.3, 0.4) is 0 Å². The summed E-state index contributed by atoms with van der Waals surface area (Å²) in [6, 6.07) is 10.1. The van der Waals surface area contributed by atoms with Gasteiger partial charge < -0.3 is 14.9 Å². The Labute approximate surface area is 172 Å². The summed E-state index contributed by atoms with van der Waals surface area (Å²) < 4.78 is 6.16. The smallest absolute Gasteiger partial charge is 0.303 e. The normalized spacial score (nSPS) is 27.5. The first kappa shape index (κ1) is 21.4. The molecule has 5 atom stereocenters. The van der Waals surface area contributed by atoms with Crippen LogP contribution in [0.5, 0.6) is 0 Å². The molecule has 2 aliphatic rings. The number of aliphatic carboxylic acids is 1. The SMILES string of the molecule is O=C(O)CCCCCSC[C@@H]1[C@H](C=CC(O)Cc2ccccc2)[C@@H]2CC[C@H]1O2. The van der Waals surface area contributed by atoms with Crippen LogP contribution < -0.4 is 0 Å². The number of benzene rings is 1. The third-order valence-corrected chi connectivity index (χ3v) is 7.02. The van der Waals surface area contributed by atoms with E-state index in [0.29, 0.717) is 30.5 Å². The Bertz CT molecular complexity index is 633. The molecule has 2 fully saturated rings. The Morgan fingerprint density at radius 3 is 2.75 bits per heavy atom. The predicted octanol–water partition coefficient (Wildman–Crippen LogP) is 4.32. The molecule has 0 spiro atoms. The number of fused-ring (bicyclic) bond motifs is 2. The van der Waals surface area contributed by atoms with Gasteiger partial charge in [-0.25, -0.2) is 0 Å². The van der Waals surface area contributed by atoms with E-state index in [9.17, 15) is 9.90 Å². The number of carboxylic acid groups (broad SMARTS) is 1. The van der Waals surface area contributed by atoms with Gasteiger partial charge in [0.1, 0.15) is 0 Å². The van der Waals surface area contributed by atoms with Gasteiger partial charge in [0.15, 0.2) is 0 Å². The van der Waals surface area contributed by atoms with Crippen molar-refractivity contribution in [1.82, 2.24) is 0 Å². The molecule has 2 aliphatic heterocycles. The summed E-state index contributed by atoms with van der Waals surface area (Å²) in [5.41, 5.74) is 1.15. The minimum Gasteiger partial charge on any atom is -0.481 e. The second-order valence-electron chi connectivity index (χ2n) is 7.95. The van der Waals surface area contributed by atoms with Gasteiger partial charge in [-0.3, -0.25) is 4.79 Å². The first-order valence-corrected chi connectivity index (χ1v) is 11.6. The highest BCUT2D eigenvalue weighted by Gasteiger charge is 2.47. The van der Waals surface area contributed by atoms with Gasteiger partial charge in [-0.2, -0.15) is 11.8 Å². The van der Waals surface area contributed by atoms with Crippen molar-refractivity contribution in [3.63, 3.8) is 0 Å². The number of carboxylic acids is 1. The first-order valence-electron chi connectivity index (χ1n) is 10.5. The highest BCUT2D eigenvalue weighted by molar-refractivity contribution is 7.99. The van der Waals surface area contributed by atoms with Crippen molar-refractivity contribution < 1.29 is 19.7 Å². The highest BCUT2D eigenvalue weighted by Crippen LogP contribution is 2.45. The number of hydrogen-bond acceptors (Lipinski definition) is 4. The third-order valence-electron chi connectivity index (χ3n) is 5.82. The van der Waals surface area contributed by atoms with Crippen LogP contribution in [0.25, 0.3) is 0 Å². The second-order valence-corrected chi connectivity index (χ2v) is 9.10. The quantitative estimate of drug-likeness (QED) is 0.401. The zero-order valence-corrected chi connectivity index (χ0v) is 17.2. The van der Waals surface area contributed by atoms with Crippen LogP contribution in [-0.2, 0) is 16.0 Å². The molecule has 2 saturated heterocycles. The number of aliphatic hydroxyl groups excluding tert-OH is 1. The Hall–Kier alpha value is -1.30. The lowest BCUT2D eigenvalue weighted by molar-refractivity contribution is -0.137. The lowest BCUT2D eigenvalue weighted by Crippen LogP contribution is -2.28. The largest absolute Gasteiger partial charge is 0.481 e. The lowest BCUT2D eigenvalue weighted by atomic mass is 9.80. The summed E-state index contributed by atoms with van der Waals surface area (Å²) in [7, 11) is 0. The van der Waals surface area contributed by atoms with Crippen molar-refractivity contribution in [3.8, 4) is 0 Å². The van der Waals surface area contributed by atoms with E-state index < -0.39 is 12.1 Å². The molecule has 0 amide bonds. The van der Waals surface area contributed by atoms with Gasteiger partial charge in [-0.15, -0.1) is 0 Å². The van der Waals surface area contributed by atoms with Gasteiger partial charge in [-0.05, 0) is 42.8 Å². The van der Waals surface area contributed by atoms with E-state index in [1.165, 1.54) is 0 Å². The lowest BCUT2D eigenvalue weighted by Gasteiger charge is -2.25. The number of rotatable bonds is 12. The molecule has 1 unspecified atom stereocenters. The van der Waals surface area contributed by atoms with Crippen LogP contribution in [0.15, 0.2) is 42.5 Å². The molecule has 3 rings (SSSR count). The molecule has 0 saturated carbocycles. The molecule has 2 heterocycles. The second kappa shape index (κ2) is 11.0. The van der Waals surface area contributed by atoms with Gasteiger partial charge >= 0.3 is 5.97 Å². The fraction of sp³-hybridized carbons (Fsp3) is 0.609. The molecule has 2 N–H and O–H groups in total. The maximum Gasteiger partial charge on any atom is 0.303 e. The average molecular weight is 405 g/mol. The molecule has 2 bridgehead atoms. The van der Waals surface area contributed by atoms with E-state index in [2.05, 4.69) is 6.08 Å². The van der Waals surface area contributed by atoms with Crippen molar-refractivity contribution >= 4 is 17.7 Å². The zero-order chi connectivity index (χ0) is 19.8. The minimum absolute atomic E-state index is 0.281. The number of aliphatic hydroxyl groups is 1. The third kappa shape index (κ3) is 6.36. The predicted molar refractivity (Wildman–Crippen MR) is 114 cm³/mol. The van der Waals surface area contributed by atoms with Gasteiger partial charge in [0.05, 0.1) is 18.3 Å². The topological polar surface area (TPSA) is 66.8 Å². The average Bonchev–Trinajstić information content (AvgIpc) is 3.28. The van der Waals surface area contributed by atoms with Gasteiger partial charge in [0.2, 0.25) is 0 Å². The van der Waals surface area contributed by atoms with E-state index in [4.69, 9.17) is 9.84 Å². The van der Waals surface area contributed by atoms with Crippen molar-refractivity contribution in [2.24, 2.45) is 11.8 Å². The number of carbonyl (C=O) groups is 1. The number of hydrogen-bond donors (Lipinski definition) is 2. The van der Waals surface area contributed by atoms with Crippen LogP contribution >= 0.6 is 11.8 Å². The molecule has 0 radical (unpaired) electrons. The van der Waals surface area contributed by atoms with Crippen molar-refractivity contribution in [1.29, 1.82) is 0 Å². The number of thioether (sulfide) groups is 1. The molecule has 1 aromatic carbocycles. The standard InChI is InChI=1S/C23H32O4S/c24-18(15-17-7-3-1-4-8-17)10-11-19-20(22-13-12-21(19)27-22)16-28-14-6-2-5-9-23(25)26/h1,3-4,7-8,10-11,18-22,24H,2,5-6,9,12-16H2,(H,25,26)/t18?,19-,20+,21-,22+/m0/s1. The fourth-order valence-corrected chi connectivity index (χ4v) is 5.64. The highest BCUT2D eigenvalue weighted by atomic mass is 32.2. The summed E-state index contributed by atoms with van der Waals surface area (Å²) in [6.45, 7) is 0. The molecule has 0 aliphatic carbocycles. The Kier molecular flexibility index (Phi) is 8.44. The summed E-state index contributed by atoms with van der Waals surface area (Å²) in [6.07, 6.45) is 10.4.